The molecule has 0 aromatic rings. The van der Waals surface area contributed by atoms with Crippen molar-refractivity contribution in [3.63, 3.8) is 0 Å². The summed E-state index contributed by atoms with van der Waals surface area (Å²) in [4.78, 5) is 0. The molecule has 0 aliphatic heterocycles. The lowest BCUT2D eigenvalue weighted by Crippen LogP contribution is -2.08. The van der Waals surface area contributed by atoms with E-state index in [2.05, 4.69) is 6.58 Å². The summed E-state index contributed by atoms with van der Waals surface area (Å²) in [5.41, 5.74) is 6.40. The van der Waals surface area contributed by atoms with E-state index >= 15 is 0 Å². The summed E-state index contributed by atoms with van der Waals surface area (Å²) < 4.78 is 5.30. The average Bonchev–Trinajstić information content (AvgIpc) is 1.85. The van der Waals surface area contributed by atoms with Gasteiger partial charge >= 0.3 is 0 Å². The van der Waals surface area contributed by atoms with Gasteiger partial charge in [-0.1, -0.05) is 12.2 Å². The van der Waals surface area contributed by atoms with Gasteiger partial charge in [0.05, 0.1) is 12.7 Å². The van der Waals surface area contributed by atoms with Gasteiger partial charge in [0, 0.05) is 0 Å². The first-order valence-corrected chi connectivity index (χ1v) is 3.65. The third-order valence-electron chi connectivity index (χ3n) is 1.12. The second kappa shape index (κ2) is 5.45. The van der Waals surface area contributed by atoms with Gasteiger partial charge in [0.25, 0.3) is 0 Å². The Labute approximate surface area is 63.1 Å². The summed E-state index contributed by atoms with van der Waals surface area (Å²) in [6.45, 7) is 9.15. The van der Waals surface area contributed by atoms with E-state index in [-0.39, 0.29) is 6.10 Å². The first-order valence-electron chi connectivity index (χ1n) is 3.65. The number of ether oxygens (including phenoxy) is 1. The first kappa shape index (κ1) is 9.66. The molecule has 60 valence electrons. The molecule has 0 aromatic carbocycles. The molecule has 0 unspecified atom stereocenters. The summed E-state index contributed by atoms with van der Waals surface area (Å²) >= 11 is 0. The lowest BCUT2D eigenvalue weighted by atomic mass is 10.2. The molecule has 0 fully saturated rings. The first-order chi connectivity index (χ1) is 4.66. The Morgan fingerprint density at radius 3 is 2.60 bits per heavy atom. The van der Waals surface area contributed by atoms with Gasteiger partial charge in [-0.3, -0.25) is 0 Å². The van der Waals surface area contributed by atoms with E-state index in [0.29, 0.717) is 13.2 Å². The van der Waals surface area contributed by atoms with Gasteiger partial charge in [-0.2, -0.15) is 0 Å². The highest BCUT2D eigenvalue weighted by Gasteiger charge is 1.95. The number of nitrogens with two attached hydrogens (primary N) is 1. The van der Waals surface area contributed by atoms with Crippen LogP contribution in [0.1, 0.15) is 20.3 Å². The quantitative estimate of drug-likeness (QED) is 0.589. The van der Waals surface area contributed by atoms with Crippen molar-refractivity contribution in [1.82, 2.24) is 0 Å². The van der Waals surface area contributed by atoms with Crippen molar-refractivity contribution >= 4 is 0 Å². The largest absolute Gasteiger partial charge is 0.374 e. The van der Waals surface area contributed by atoms with Crippen molar-refractivity contribution in [3.8, 4) is 0 Å². The number of hydrogen-bond donors (Lipinski definition) is 1. The monoisotopic (exact) mass is 143 g/mol. The van der Waals surface area contributed by atoms with E-state index in [4.69, 9.17) is 10.5 Å². The minimum absolute atomic E-state index is 0.287. The van der Waals surface area contributed by atoms with Gasteiger partial charge in [0.15, 0.2) is 0 Å². The minimum Gasteiger partial charge on any atom is -0.374 e. The highest BCUT2D eigenvalue weighted by Crippen LogP contribution is 1.98. The van der Waals surface area contributed by atoms with Crippen LogP contribution in [0.4, 0.5) is 0 Å². The van der Waals surface area contributed by atoms with Crippen LogP contribution in [0.2, 0.25) is 0 Å². The van der Waals surface area contributed by atoms with Crippen LogP contribution in [-0.4, -0.2) is 19.3 Å². The normalized spacial score (nSPS) is 10.4. The van der Waals surface area contributed by atoms with Gasteiger partial charge in [0.1, 0.15) is 0 Å². The zero-order chi connectivity index (χ0) is 7.98. The molecule has 0 aliphatic carbocycles. The molecule has 0 heterocycles. The van der Waals surface area contributed by atoms with Crippen molar-refractivity contribution in [2.75, 3.05) is 13.2 Å². The molecule has 0 aromatic heterocycles. The van der Waals surface area contributed by atoms with E-state index in [0.717, 1.165) is 12.0 Å². The molecule has 2 heteroatoms. The summed E-state index contributed by atoms with van der Waals surface area (Å²) in [5.74, 6) is 0. The molecular weight excluding hydrogens is 126 g/mol. The maximum atomic E-state index is 5.32. The molecule has 2 nitrogen and oxygen atoms in total. The van der Waals surface area contributed by atoms with E-state index < -0.39 is 0 Å². The lowest BCUT2D eigenvalue weighted by molar-refractivity contribution is 0.0961. The SMILES string of the molecule is C=C(CCN)COC(C)C. The second-order valence-electron chi connectivity index (χ2n) is 2.65. The van der Waals surface area contributed by atoms with Gasteiger partial charge in [0.2, 0.25) is 0 Å². The molecule has 0 saturated carbocycles. The van der Waals surface area contributed by atoms with Gasteiger partial charge in [-0.05, 0) is 26.8 Å². The third kappa shape index (κ3) is 5.79. The van der Waals surface area contributed by atoms with Gasteiger partial charge in [-0.15, -0.1) is 0 Å². The van der Waals surface area contributed by atoms with Crippen LogP contribution in [0.25, 0.3) is 0 Å². The maximum Gasteiger partial charge on any atom is 0.0678 e. The van der Waals surface area contributed by atoms with Crippen LogP contribution in [0.15, 0.2) is 12.2 Å². The Bertz CT molecular complexity index is 99.4. The zero-order valence-corrected chi connectivity index (χ0v) is 6.89. The fraction of sp³-hybridized carbons (Fsp3) is 0.750. The highest BCUT2D eigenvalue weighted by molar-refractivity contribution is 4.94. The van der Waals surface area contributed by atoms with Crippen LogP contribution in [-0.2, 0) is 4.74 Å². The Balaban J connectivity index is 3.22. The molecule has 0 radical (unpaired) electrons. The molecule has 2 N–H and O–H groups in total. The molecule has 0 rings (SSSR count). The van der Waals surface area contributed by atoms with E-state index in [1.54, 1.807) is 0 Å². The van der Waals surface area contributed by atoms with Crippen LogP contribution in [0, 0.1) is 0 Å². The molecule has 10 heavy (non-hydrogen) atoms. The van der Waals surface area contributed by atoms with E-state index in [1.807, 2.05) is 13.8 Å². The van der Waals surface area contributed by atoms with Crippen molar-refractivity contribution < 1.29 is 4.74 Å². The molecule has 0 amide bonds. The predicted octanol–water partition coefficient (Wildman–Crippen LogP) is 1.32. The Morgan fingerprint density at radius 2 is 2.20 bits per heavy atom. The molecule has 0 atom stereocenters. The Morgan fingerprint density at radius 1 is 1.60 bits per heavy atom. The van der Waals surface area contributed by atoms with E-state index in [1.165, 1.54) is 0 Å². The topological polar surface area (TPSA) is 35.2 Å². The molecule has 0 spiro atoms. The smallest absolute Gasteiger partial charge is 0.0678 e. The summed E-state index contributed by atoms with van der Waals surface area (Å²) in [5, 5.41) is 0. The third-order valence-corrected chi connectivity index (χ3v) is 1.12. The number of rotatable bonds is 5. The minimum atomic E-state index is 0.287. The van der Waals surface area contributed by atoms with E-state index in [9.17, 15) is 0 Å². The molecule has 0 saturated heterocycles. The standard InChI is InChI=1S/C8H17NO/c1-7(2)10-6-8(3)4-5-9/h7H,3-6,9H2,1-2H3. The van der Waals surface area contributed by atoms with Crippen molar-refractivity contribution in [3.05, 3.63) is 12.2 Å². The fourth-order valence-corrected chi connectivity index (χ4v) is 0.561. The van der Waals surface area contributed by atoms with Gasteiger partial charge < -0.3 is 10.5 Å². The molecular formula is C8H17NO. The zero-order valence-electron chi connectivity index (χ0n) is 6.89. The number of hydrogen-bond acceptors (Lipinski definition) is 2. The summed E-state index contributed by atoms with van der Waals surface area (Å²) in [6.07, 6.45) is 1.15. The van der Waals surface area contributed by atoms with Crippen molar-refractivity contribution in [1.29, 1.82) is 0 Å². The Kier molecular flexibility index (Phi) is 5.26. The fourth-order valence-electron chi connectivity index (χ4n) is 0.561. The van der Waals surface area contributed by atoms with Crippen molar-refractivity contribution in [2.45, 2.75) is 26.4 Å². The maximum absolute atomic E-state index is 5.32. The predicted molar refractivity (Wildman–Crippen MR) is 43.9 cm³/mol. The summed E-state index contributed by atoms with van der Waals surface area (Å²) in [7, 11) is 0. The molecule has 0 bridgehead atoms. The van der Waals surface area contributed by atoms with Crippen LogP contribution in [0.5, 0.6) is 0 Å². The summed E-state index contributed by atoms with van der Waals surface area (Å²) in [6, 6.07) is 0. The highest BCUT2D eigenvalue weighted by atomic mass is 16.5. The van der Waals surface area contributed by atoms with Gasteiger partial charge in [-0.25, -0.2) is 0 Å². The van der Waals surface area contributed by atoms with Crippen molar-refractivity contribution in [2.24, 2.45) is 5.73 Å². The Hall–Kier alpha value is -0.340. The van der Waals surface area contributed by atoms with Crippen LogP contribution in [0.3, 0.4) is 0 Å². The van der Waals surface area contributed by atoms with Crippen LogP contribution < -0.4 is 5.73 Å². The lowest BCUT2D eigenvalue weighted by Gasteiger charge is -2.08. The average molecular weight is 143 g/mol. The molecule has 0 aliphatic rings. The van der Waals surface area contributed by atoms with Crippen LogP contribution >= 0.6 is 0 Å². The second-order valence-corrected chi connectivity index (χ2v) is 2.65.